The number of aromatic amines is 2. The molecule has 0 spiro atoms. The molecule has 6 fully saturated rings. The van der Waals surface area contributed by atoms with Gasteiger partial charge in [-0.2, -0.15) is 0 Å². The molecule has 16 nitrogen and oxygen atoms in total. The molecule has 10 atom stereocenters. The predicted molar refractivity (Wildman–Crippen MR) is 231 cm³/mol. The fourth-order valence-corrected chi connectivity index (χ4v) is 10.9. The van der Waals surface area contributed by atoms with Gasteiger partial charge in [-0.05, 0) is 101 Å². The first-order valence-corrected chi connectivity index (χ1v) is 22.5. The van der Waals surface area contributed by atoms with Crippen LogP contribution in [0.15, 0.2) is 60.9 Å². The van der Waals surface area contributed by atoms with Crippen LogP contribution in [-0.4, -0.2) is 103 Å². The molecule has 10 rings (SSSR count). The van der Waals surface area contributed by atoms with Crippen LogP contribution in [0.1, 0.15) is 100 Å². The van der Waals surface area contributed by atoms with E-state index in [9.17, 15) is 19.2 Å². The minimum atomic E-state index is -1.41. The lowest BCUT2D eigenvalue weighted by atomic mass is 9.80. The number of nitrogens with zero attached hydrogens (tertiary/aromatic N) is 4. The van der Waals surface area contributed by atoms with Gasteiger partial charge in [0.15, 0.2) is 11.7 Å². The molecule has 16 heteroatoms. The van der Waals surface area contributed by atoms with Gasteiger partial charge in [-0.15, -0.1) is 0 Å². The van der Waals surface area contributed by atoms with E-state index in [0.717, 1.165) is 59.3 Å². The van der Waals surface area contributed by atoms with Crippen molar-refractivity contribution in [3.8, 4) is 34.4 Å². The number of nitrogens with two attached hydrogens (primary N) is 2. The molecule has 2 saturated carbocycles. The van der Waals surface area contributed by atoms with E-state index in [1.165, 1.54) is 0 Å². The Bertz CT molecular complexity index is 2520. The van der Waals surface area contributed by atoms with Crippen LogP contribution in [-0.2, 0) is 28.5 Å². The molecule has 2 aromatic heterocycles. The Hall–Kier alpha value is -6.18. The standard InChI is InChI=1S/C48H54N8O8/c1-26-17-34(13-16-62-26)48(2,64-47(50)60)45(58)56-38-21-33(38)23-40(56)43-52-25-36(54-43)31-8-4-6-28(19-31)10-9-27-5-3-7-30(18-27)35-24-51-42(53-35)39-22-32-20-37(32)55(39)44(57)41(63-46(49)59)29-11-14-61-15-12-29/h3-8,18-19,24-26,29,32-34,37-41H,11-17,20-23H2,1-2H3,(H2,49,59)(H2,50,60)(H,51,53)(H,52,54)/t26?,32-,33-,34?,37?,38?,39+,40+,41-,48-/m1/s1. The number of ether oxygens (including phenoxy) is 4. The number of nitrogens with one attached hydrogen (secondary N) is 2. The number of rotatable bonds is 10. The minimum absolute atomic E-state index is 0.0603. The summed E-state index contributed by atoms with van der Waals surface area (Å²) >= 11 is 0. The minimum Gasteiger partial charge on any atom is -0.436 e. The molecular formula is C48H54N8O8. The predicted octanol–water partition coefficient (Wildman–Crippen LogP) is 5.75. The van der Waals surface area contributed by atoms with Crippen molar-refractivity contribution in [1.82, 2.24) is 29.7 Å². The highest BCUT2D eigenvalue weighted by atomic mass is 16.6. The molecule has 6 aliphatic rings. The van der Waals surface area contributed by atoms with Crippen LogP contribution in [0.2, 0.25) is 0 Å². The van der Waals surface area contributed by atoms with Gasteiger partial charge in [0.25, 0.3) is 11.8 Å². The molecule has 6 N–H and O–H groups in total. The topological polar surface area (TPSA) is 221 Å². The quantitative estimate of drug-likeness (QED) is 0.141. The van der Waals surface area contributed by atoms with E-state index in [0.29, 0.717) is 69.0 Å². The second-order valence-corrected chi connectivity index (χ2v) is 18.6. The van der Waals surface area contributed by atoms with Crippen molar-refractivity contribution in [2.24, 2.45) is 35.1 Å². The lowest BCUT2D eigenvalue weighted by Crippen LogP contribution is -2.57. The summed E-state index contributed by atoms with van der Waals surface area (Å²) in [4.78, 5) is 73.0. The van der Waals surface area contributed by atoms with Crippen molar-refractivity contribution < 1.29 is 38.1 Å². The second kappa shape index (κ2) is 16.7. The first-order chi connectivity index (χ1) is 30.9. The van der Waals surface area contributed by atoms with Crippen molar-refractivity contribution in [2.45, 2.75) is 107 Å². The van der Waals surface area contributed by atoms with Gasteiger partial charge in [0.05, 0.1) is 42.0 Å². The second-order valence-electron chi connectivity index (χ2n) is 18.6. The SMILES string of the molecule is CC1CC([C@@](C)(OC(N)=O)C(=O)N2C3C[C@@H]3C[C@H]2c2ncc(-c3cccc(C#Cc4cccc(-c5cnc([C@@H]6C[C@H]7CC7N6C(=O)[C@H](OC(N)=O)C6CCOCC6)[nH]5)c4)c3)[nH]2)CCO1. The Kier molecular flexibility index (Phi) is 10.9. The van der Waals surface area contributed by atoms with Gasteiger partial charge in [-0.1, -0.05) is 36.1 Å². The van der Waals surface area contributed by atoms with Gasteiger partial charge in [-0.3, -0.25) is 9.59 Å². The summed E-state index contributed by atoms with van der Waals surface area (Å²) in [5.74, 6) is 7.96. The van der Waals surface area contributed by atoms with Crippen LogP contribution < -0.4 is 11.5 Å². The number of benzene rings is 2. The third-order valence-corrected chi connectivity index (χ3v) is 14.4. The molecule has 4 aliphatic heterocycles. The molecule has 2 aromatic carbocycles. The lowest BCUT2D eigenvalue weighted by Gasteiger charge is -2.42. The summed E-state index contributed by atoms with van der Waals surface area (Å²) in [6, 6.07) is 15.4. The van der Waals surface area contributed by atoms with Gasteiger partial charge in [0, 0.05) is 66.0 Å². The number of aromatic nitrogens is 4. The van der Waals surface area contributed by atoms with Crippen LogP contribution in [0.3, 0.4) is 0 Å². The summed E-state index contributed by atoms with van der Waals surface area (Å²) in [5, 5.41) is 0. The number of carbonyl (C=O) groups excluding carboxylic acids is 4. The van der Waals surface area contributed by atoms with Crippen LogP contribution in [0.25, 0.3) is 22.5 Å². The number of fused-ring (bicyclic) bond motifs is 2. The maximum atomic E-state index is 14.5. The summed E-state index contributed by atoms with van der Waals surface area (Å²) in [6.45, 7) is 5.18. The molecule has 64 heavy (non-hydrogen) atoms. The number of hydrogen-bond donors (Lipinski definition) is 4. The van der Waals surface area contributed by atoms with E-state index in [2.05, 4.69) is 21.8 Å². The average molecular weight is 871 g/mol. The van der Waals surface area contributed by atoms with E-state index >= 15 is 0 Å². The largest absolute Gasteiger partial charge is 0.436 e. The van der Waals surface area contributed by atoms with Crippen LogP contribution in [0.4, 0.5) is 9.59 Å². The molecule has 6 heterocycles. The molecule has 0 bridgehead atoms. The molecule has 4 saturated heterocycles. The summed E-state index contributed by atoms with van der Waals surface area (Å²) < 4.78 is 22.4. The first-order valence-electron chi connectivity index (χ1n) is 22.5. The summed E-state index contributed by atoms with van der Waals surface area (Å²) in [6.07, 6.45) is 6.48. The Morgan fingerprint density at radius 1 is 0.781 bits per heavy atom. The number of hydrogen-bond acceptors (Lipinski definition) is 10. The van der Waals surface area contributed by atoms with Gasteiger partial charge >= 0.3 is 12.2 Å². The molecular weight excluding hydrogens is 817 g/mol. The van der Waals surface area contributed by atoms with Crippen molar-refractivity contribution in [2.75, 3.05) is 19.8 Å². The summed E-state index contributed by atoms with van der Waals surface area (Å²) in [7, 11) is 0. The van der Waals surface area contributed by atoms with Gasteiger partial charge in [0.2, 0.25) is 0 Å². The van der Waals surface area contributed by atoms with Gasteiger partial charge in [-0.25, -0.2) is 19.6 Å². The Morgan fingerprint density at radius 3 is 1.92 bits per heavy atom. The number of piperidine rings is 2. The molecule has 4 amide bonds. The molecule has 334 valence electrons. The smallest absolute Gasteiger partial charge is 0.405 e. The lowest BCUT2D eigenvalue weighted by molar-refractivity contribution is -0.163. The number of H-pyrrole nitrogens is 2. The van der Waals surface area contributed by atoms with Crippen LogP contribution in [0, 0.1) is 35.5 Å². The maximum absolute atomic E-state index is 14.5. The zero-order chi connectivity index (χ0) is 44.3. The van der Waals surface area contributed by atoms with E-state index in [-0.39, 0.29) is 53.9 Å². The Labute approximate surface area is 371 Å². The Morgan fingerprint density at radius 2 is 1.36 bits per heavy atom. The first kappa shape index (κ1) is 41.8. The van der Waals surface area contributed by atoms with Gasteiger partial charge < -0.3 is 50.2 Å². The van der Waals surface area contributed by atoms with Crippen LogP contribution >= 0.6 is 0 Å². The maximum Gasteiger partial charge on any atom is 0.405 e. The van der Waals surface area contributed by atoms with Crippen LogP contribution in [0.5, 0.6) is 0 Å². The number of likely N-dealkylation sites (tertiary alicyclic amines) is 2. The highest BCUT2D eigenvalue weighted by molar-refractivity contribution is 5.89. The number of primary amides is 2. The third kappa shape index (κ3) is 8.11. The number of amides is 4. The normalized spacial score (nSPS) is 28.5. The van der Waals surface area contributed by atoms with Crippen molar-refractivity contribution in [3.05, 3.63) is 83.7 Å². The van der Waals surface area contributed by atoms with Gasteiger partial charge in [0.1, 0.15) is 11.6 Å². The van der Waals surface area contributed by atoms with E-state index in [1.54, 1.807) is 19.3 Å². The molecule has 4 aromatic rings. The fraction of sp³-hybridized carbons (Fsp3) is 0.500. The molecule has 4 unspecified atom stereocenters. The third-order valence-electron chi connectivity index (χ3n) is 14.4. The highest BCUT2D eigenvalue weighted by Gasteiger charge is 2.60. The van der Waals surface area contributed by atoms with E-state index in [4.69, 9.17) is 40.4 Å². The van der Waals surface area contributed by atoms with Crippen molar-refractivity contribution in [1.29, 1.82) is 0 Å². The fourth-order valence-electron chi connectivity index (χ4n) is 10.9. The molecule has 0 radical (unpaired) electrons. The summed E-state index contributed by atoms with van der Waals surface area (Å²) in [5.41, 5.74) is 14.6. The average Bonchev–Trinajstić information content (AvgIpc) is 3.88. The zero-order valence-electron chi connectivity index (χ0n) is 36.0. The number of imidazole rings is 2. The van der Waals surface area contributed by atoms with Crippen molar-refractivity contribution in [3.63, 3.8) is 0 Å². The number of carbonyl (C=O) groups is 4. The monoisotopic (exact) mass is 870 g/mol. The van der Waals surface area contributed by atoms with E-state index in [1.807, 2.05) is 65.3 Å². The zero-order valence-corrected chi connectivity index (χ0v) is 36.0. The Balaban J connectivity index is 0.833. The van der Waals surface area contributed by atoms with E-state index < -0.39 is 23.9 Å². The molecule has 2 aliphatic carbocycles. The van der Waals surface area contributed by atoms with Crippen molar-refractivity contribution >= 4 is 24.0 Å². The highest BCUT2D eigenvalue weighted by Crippen LogP contribution is 2.55.